The molecule has 3 heteroatoms. The lowest BCUT2D eigenvalue weighted by atomic mass is 10.0. The maximum atomic E-state index is 6.19. The highest BCUT2D eigenvalue weighted by Crippen LogP contribution is 2.36. The van der Waals surface area contributed by atoms with Crippen LogP contribution in [0.1, 0.15) is 0 Å². The minimum Gasteiger partial charge on any atom is -0.397 e. The molecule has 0 aromatic heterocycles. The van der Waals surface area contributed by atoms with Crippen molar-refractivity contribution in [2.24, 2.45) is 0 Å². The third kappa shape index (κ3) is 1.63. The SMILES string of the molecule is Nc1c(Cl)cc(Cl)c2cc3ccccc3cc12. The summed E-state index contributed by atoms with van der Waals surface area (Å²) in [6.07, 6.45) is 0. The zero-order valence-electron chi connectivity index (χ0n) is 8.87. The molecule has 0 aliphatic heterocycles. The second-order valence-corrected chi connectivity index (χ2v) is 4.81. The van der Waals surface area contributed by atoms with E-state index in [-0.39, 0.29) is 0 Å². The number of hydrogen-bond acceptors (Lipinski definition) is 1. The van der Waals surface area contributed by atoms with Gasteiger partial charge in [0.25, 0.3) is 0 Å². The van der Waals surface area contributed by atoms with Gasteiger partial charge in [-0.3, -0.25) is 0 Å². The molecular weight excluding hydrogens is 253 g/mol. The first-order valence-electron chi connectivity index (χ1n) is 5.23. The topological polar surface area (TPSA) is 26.0 Å². The first kappa shape index (κ1) is 10.7. The van der Waals surface area contributed by atoms with Crippen molar-refractivity contribution < 1.29 is 0 Å². The quantitative estimate of drug-likeness (QED) is 0.453. The van der Waals surface area contributed by atoms with Crippen LogP contribution in [0.5, 0.6) is 0 Å². The molecule has 0 aliphatic rings. The zero-order chi connectivity index (χ0) is 12.0. The van der Waals surface area contributed by atoms with Gasteiger partial charge in [-0.05, 0) is 29.0 Å². The number of nitrogen functional groups attached to an aromatic ring is 1. The van der Waals surface area contributed by atoms with Crippen molar-refractivity contribution in [3.63, 3.8) is 0 Å². The van der Waals surface area contributed by atoms with Crippen LogP contribution in [0.25, 0.3) is 21.5 Å². The molecule has 0 bridgehead atoms. The second kappa shape index (κ2) is 3.80. The molecule has 0 saturated carbocycles. The van der Waals surface area contributed by atoms with Crippen molar-refractivity contribution in [2.75, 3.05) is 5.73 Å². The molecule has 0 aliphatic carbocycles. The van der Waals surface area contributed by atoms with Gasteiger partial charge in [-0.25, -0.2) is 0 Å². The van der Waals surface area contributed by atoms with E-state index in [0.717, 1.165) is 21.5 Å². The fourth-order valence-electron chi connectivity index (χ4n) is 2.06. The molecule has 0 fully saturated rings. The van der Waals surface area contributed by atoms with Gasteiger partial charge in [0.2, 0.25) is 0 Å². The van der Waals surface area contributed by atoms with Gasteiger partial charge >= 0.3 is 0 Å². The molecule has 17 heavy (non-hydrogen) atoms. The van der Waals surface area contributed by atoms with Gasteiger partial charge in [0.15, 0.2) is 0 Å². The van der Waals surface area contributed by atoms with E-state index >= 15 is 0 Å². The van der Waals surface area contributed by atoms with Crippen molar-refractivity contribution in [1.29, 1.82) is 0 Å². The van der Waals surface area contributed by atoms with Crippen LogP contribution in [-0.4, -0.2) is 0 Å². The normalized spacial score (nSPS) is 11.2. The molecule has 1 nitrogen and oxygen atoms in total. The molecule has 84 valence electrons. The summed E-state index contributed by atoms with van der Waals surface area (Å²) in [7, 11) is 0. The highest BCUT2D eigenvalue weighted by molar-refractivity contribution is 6.41. The third-order valence-corrected chi connectivity index (χ3v) is 3.57. The van der Waals surface area contributed by atoms with Crippen molar-refractivity contribution in [3.8, 4) is 0 Å². The van der Waals surface area contributed by atoms with Crippen LogP contribution in [0, 0.1) is 0 Å². The van der Waals surface area contributed by atoms with Gasteiger partial charge in [0.1, 0.15) is 0 Å². The van der Waals surface area contributed by atoms with E-state index in [0.29, 0.717) is 15.7 Å². The van der Waals surface area contributed by atoms with Crippen LogP contribution >= 0.6 is 23.2 Å². The summed E-state index contributed by atoms with van der Waals surface area (Å²) in [4.78, 5) is 0. The number of nitrogens with two attached hydrogens (primary N) is 1. The molecule has 0 atom stereocenters. The van der Waals surface area contributed by atoms with E-state index in [4.69, 9.17) is 28.9 Å². The molecule has 3 aromatic carbocycles. The minimum absolute atomic E-state index is 0.498. The molecule has 0 unspecified atom stereocenters. The summed E-state index contributed by atoms with van der Waals surface area (Å²) < 4.78 is 0. The van der Waals surface area contributed by atoms with Gasteiger partial charge in [-0.1, -0.05) is 47.5 Å². The molecule has 0 radical (unpaired) electrons. The molecule has 0 amide bonds. The maximum Gasteiger partial charge on any atom is 0.0656 e. The second-order valence-electron chi connectivity index (χ2n) is 4.00. The summed E-state index contributed by atoms with van der Waals surface area (Å²) in [6.45, 7) is 0. The number of anilines is 1. The fourth-order valence-corrected chi connectivity index (χ4v) is 2.59. The number of fused-ring (bicyclic) bond motifs is 2. The Balaban J connectivity index is 2.56. The smallest absolute Gasteiger partial charge is 0.0656 e. The fraction of sp³-hybridized carbons (Fsp3) is 0. The van der Waals surface area contributed by atoms with E-state index < -0.39 is 0 Å². The summed E-state index contributed by atoms with van der Waals surface area (Å²) in [5.74, 6) is 0. The Morgan fingerprint density at radius 1 is 0.765 bits per heavy atom. The molecule has 2 N–H and O–H groups in total. The van der Waals surface area contributed by atoms with Crippen molar-refractivity contribution in [3.05, 3.63) is 52.5 Å². The van der Waals surface area contributed by atoms with Gasteiger partial charge in [-0.15, -0.1) is 0 Å². The lowest BCUT2D eigenvalue weighted by molar-refractivity contribution is 1.74. The van der Waals surface area contributed by atoms with Gasteiger partial charge < -0.3 is 5.73 Å². The van der Waals surface area contributed by atoms with Crippen LogP contribution < -0.4 is 5.73 Å². The van der Waals surface area contributed by atoms with Crippen LogP contribution in [0.15, 0.2) is 42.5 Å². The molecular formula is C14H9Cl2N. The van der Waals surface area contributed by atoms with Crippen LogP contribution in [0.2, 0.25) is 10.0 Å². The zero-order valence-corrected chi connectivity index (χ0v) is 10.4. The highest BCUT2D eigenvalue weighted by atomic mass is 35.5. The van der Waals surface area contributed by atoms with E-state index in [9.17, 15) is 0 Å². The standard InChI is InChI=1S/C14H9Cl2N/c15-12-7-13(16)14(17)11-6-9-4-2-1-3-8(9)5-10(11)12/h1-7H,17H2. The minimum atomic E-state index is 0.498. The van der Waals surface area contributed by atoms with Crippen molar-refractivity contribution in [1.82, 2.24) is 0 Å². The first-order chi connectivity index (χ1) is 8.16. The van der Waals surface area contributed by atoms with Crippen LogP contribution in [0.3, 0.4) is 0 Å². The summed E-state index contributed by atoms with van der Waals surface area (Å²) in [5, 5.41) is 5.24. The number of rotatable bonds is 0. The first-order valence-corrected chi connectivity index (χ1v) is 5.98. The Kier molecular flexibility index (Phi) is 2.39. The van der Waals surface area contributed by atoms with Gasteiger partial charge in [-0.2, -0.15) is 0 Å². The Hall–Kier alpha value is -1.44. The predicted octanol–water partition coefficient (Wildman–Crippen LogP) is 4.88. The van der Waals surface area contributed by atoms with Gasteiger partial charge in [0.05, 0.1) is 15.7 Å². The molecule has 3 aromatic rings. The Morgan fingerprint density at radius 2 is 1.35 bits per heavy atom. The Labute approximate surface area is 109 Å². The molecule has 3 rings (SSSR count). The lowest BCUT2D eigenvalue weighted by Crippen LogP contribution is -1.89. The third-order valence-electron chi connectivity index (χ3n) is 2.94. The molecule has 0 spiro atoms. The molecule has 0 heterocycles. The van der Waals surface area contributed by atoms with E-state index in [2.05, 4.69) is 6.07 Å². The monoisotopic (exact) mass is 261 g/mol. The van der Waals surface area contributed by atoms with E-state index in [1.807, 2.05) is 30.3 Å². The summed E-state index contributed by atoms with van der Waals surface area (Å²) in [5.41, 5.74) is 6.57. The van der Waals surface area contributed by atoms with Crippen LogP contribution in [0.4, 0.5) is 5.69 Å². The number of hydrogen-bond donors (Lipinski definition) is 1. The largest absolute Gasteiger partial charge is 0.397 e. The van der Waals surface area contributed by atoms with Crippen LogP contribution in [-0.2, 0) is 0 Å². The average molecular weight is 262 g/mol. The molecule has 0 saturated heterocycles. The summed E-state index contributed by atoms with van der Waals surface area (Å²) >= 11 is 12.2. The maximum absolute atomic E-state index is 6.19. The predicted molar refractivity (Wildman–Crippen MR) is 75.9 cm³/mol. The van der Waals surface area contributed by atoms with E-state index in [1.54, 1.807) is 6.07 Å². The number of benzene rings is 3. The van der Waals surface area contributed by atoms with Crippen molar-refractivity contribution in [2.45, 2.75) is 0 Å². The highest BCUT2D eigenvalue weighted by Gasteiger charge is 2.08. The van der Waals surface area contributed by atoms with E-state index in [1.165, 1.54) is 0 Å². The number of halogens is 2. The Morgan fingerprint density at radius 3 is 2.00 bits per heavy atom. The van der Waals surface area contributed by atoms with Gasteiger partial charge in [0, 0.05) is 10.8 Å². The van der Waals surface area contributed by atoms with Crippen molar-refractivity contribution >= 4 is 50.4 Å². The average Bonchev–Trinajstić information content (AvgIpc) is 2.34. The summed E-state index contributed by atoms with van der Waals surface area (Å²) in [6, 6.07) is 13.9. The lowest BCUT2D eigenvalue weighted by Gasteiger charge is -2.08. The Bertz CT molecular complexity index is 735.